The van der Waals surface area contributed by atoms with Gasteiger partial charge in [0.15, 0.2) is 5.89 Å². The van der Waals surface area contributed by atoms with Gasteiger partial charge >= 0.3 is 0 Å². The van der Waals surface area contributed by atoms with Crippen LogP contribution in [0.3, 0.4) is 0 Å². The van der Waals surface area contributed by atoms with Gasteiger partial charge in [-0.05, 0) is 43.2 Å². The molecule has 0 bridgehead atoms. The molecule has 1 fully saturated rings. The topological polar surface area (TPSA) is 59.2 Å². The first-order valence-electron chi connectivity index (χ1n) is 8.72. The lowest BCUT2D eigenvalue weighted by atomic mass is 9.97. The van der Waals surface area contributed by atoms with Crippen molar-refractivity contribution < 1.29 is 18.0 Å². The number of pyridine rings is 1. The molecule has 0 N–H and O–H groups in total. The summed E-state index contributed by atoms with van der Waals surface area (Å²) in [6.45, 7) is 1.05. The third-order valence-electron chi connectivity index (χ3n) is 4.69. The van der Waals surface area contributed by atoms with Gasteiger partial charge in [-0.15, -0.1) is 0 Å². The Morgan fingerprint density at radius 1 is 1.19 bits per heavy atom. The van der Waals surface area contributed by atoms with E-state index in [0.717, 1.165) is 24.5 Å². The van der Waals surface area contributed by atoms with E-state index in [-0.39, 0.29) is 23.2 Å². The summed E-state index contributed by atoms with van der Waals surface area (Å²) in [7, 11) is 0. The van der Waals surface area contributed by atoms with Gasteiger partial charge in [0.05, 0.1) is 5.92 Å². The number of piperidine rings is 1. The molecule has 1 unspecified atom stereocenters. The van der Waals surface area contributed by atoms with Crippen LogP contribution in [0.25, 0.3) is 11.3 Å². The number of carbonyl (C=O) groups is 1. The second-order valence-electron chi connectivity index (χ2n) is 6.54. The molecule has 3 heterocycles. The Kier molecular flexibility index (Phi) is 4.66. The Morgan fingerprint density at radius 2 is 2.00 bits per heavy atom. The van der Waals surface area contributed by atoms with Crippen LogP contribution in [0.4, 0.5) is 8.78 Å². The number of rotatable bonds is 3. The second kappa shape index (κ2) is 7.26. The van der Waals surface area contributed by atoms with Crippen molar-refractivity contribution in [2.75, 3.05) is 13.1 Å². The monoisotopic (exact) mass is 369 g/mol. The number of likely N-dealkylation sites (tertiary alicyclic amines) is 1. The lowest BCUT2D eigenvalue weighted by Crippen LogP contribution is -2.39. The van der Waals surface area contributed by atoms with Gasteiger partial charge in [-0.1, -0.05) is 0 Å². The molecule has 138 valence electrons. The normalized spacial score (nSPS) is 17.1. The highest BCUT2D eigenvalue weighted by atomic mass is 19.1. The molecule has 4 rings (SSSR count). The highest BCUT2D eigenvalue weighted by molar-refractivity contribution is 5.94. The van der Waals surface area contributed by atoms with Crippen LogP contribution in [-0.4, -0.2) is 33.9 Å². The predicted molar refractivity (Wildman–Crippen MR) is 94.0 cm³/mol. The zero-order valence-corrected chi connectivity index (χ0v) is 14.4. The SMILES string of the molecule is O=C(c1ccnc(F)c1)N1CCCC(c2nc(-c3ccc(F)cc3)co2)C1. The first kappa shape index (κ1) is 17.3. The van der Waals surface area contributed by atoms with Gasteiger partial charge in [0, 0.05) is 36.5 Å². The van der Waals surface area contributed by atoms with Crippen LogP contribution in [0, 0.1) is 11.8 Å². The number of nitrogens with zero attached hydrogens (tertiary/aromatic N) is 3. The Bertz CT molecular complexity index is 956. The first-order valence-corrected chi connectivity index (χ1v) is 8.72. The largest absolute Gasteiger partial charge is 0.448 e. The van der Waals surface area contributed by atoms with Gasteiger partial charge in [0.25, 0.3) is 5.91 Å². The van der Waals surface area contributed by atoms with E-state index in [1.54, 1.807) is 23.3 Å². The molecule has 27 heavy (non-hydrogen) atoms. The van der Waals surface area contributed by atoms with Crippen LogP contribution < -0.4 is 0 Å². The van der Waals surface area contributed by atoms with Crippen LogP contribution in [0.5, 0.6) is 0 Å². The zero-order chi connectivity index (χ0) is 18.8. The summed E-state index contributed by atoms with van der Waals surface area (Å²) in [6, 6.07) is 8.69. The Morgan fingerprint density at radius 3 is 2.78 bits per heavy atom. The van der Waals surface area contributed by atoms with Crippen molar-refractivity contribution in [3.05, 3.63) is 72.1 Å². The molecular formula is C20H17F2N3O2. The molecule has 1 aromatic carbocycles. The molecule has 0 saturated carbocycles. The number of halogens is 2. The minimum absolute atomic E-state index is 0.0383. The fraction of sp³-hybridized carbons (Fsp3) is 0.250. The second-order valence-corrected chi connectivity index (χ2v) is 6.54. The number of oxazole rings is 1. The number of hydrogen-bond acceptors (Lipinski definition) is 4. The standard InChI is InChI=1S/C20H17F2N3O2/c21-16-5-3-13(4-6-16)17-12-27-19(24-17)15-2-1-9-25(11-15)20(26)14-7-8-23-18(22)10-14/h3-8,10,12,15H,1-2,9,11H2. The molecule has 3 aromatic rings. The summed E-state index contributed by atoms with van der Waals surface area (Å²) in [6.07, 6.45) is 4.48. The average Bonchev–Trinajstić information content (AvgIpc) is 3.18. The molecule has 2 aromatic heterocycles. The summed E-state index contributed by atoms with van der Waals surface area (Å²) >= 11 is 0. The maximum Gasteiger partial charge on any atom is 0.254 e. The third kappa shape index (κ3) is 3.72. The Labute approximate surface area is 154 Å². The van der Waals surface area contributed by atoms with Crippen molar-refractivity contribution in [1.82, 2.24) is 14.9 Å². The molecule has 1 saturated heterocycles. The summed E-state index contributed by atoms with van der Waals surface area (Å²) in [5.74, 6) is -0.704. The van der Waals surface area contributed by atoms with Crippen molar-refractivity contribution >= 4 is 5.91 Å². The molecule has 1 amide bonds. The van der Waals surface area contributed by atoms with E-state index in [2.05, 4.69) is 9.97 Å². The van der Waals surface area contributed by atoms with Gasteiger partial charge < -0.3 is 9.32 Å². The highest BCUT2D eigenvalue weighted by Gasteiger charge is 2.28. The maximum absolute atomic E-state index is 13.3. The van der Waals surface area contributed by atoms with Crippen LogP contribution in [-0.2, 0) is 0 Å². The molecule has 0 radical (unpaired) electrons. The first-order chi connectivity index (χ1) is 13.1. The lowest BCUT2D eigenvalue weighted by molar-refractivity contribution is 0.0697. The minimum atomic E-state index is -0.675. The summed E-state index contributed by atoms with van der Waals surface area (Å²) in [5.41, 5.74) is 1.68. The number of amides is 1. The summed E-state index contributed by atoms with van der Waals surface area (Å²) in [5, 5.41) is 0. The van der Waals surface area contributed by atoms with Gasteiger partial charge in [0.2, 0.25) is 5.95 Å². The van der Waals surface area contributed by atoms with E-state index < -0.39 is 5.95 Å². The van der Waals surface area contributed by atoms with Crippen LogP contribution in [0.15, 0.2) is 53.3 Å². The summed E-state index contributed by atoms with van der Waals surface area (Å²) in [4.78, 5) is 22.3. The maximum atomic E-state index is 13.3. The molecule has 1 atom stereocenters. The smallest absolute Gasteiger partial charge is 0.254 e. The van der Waals surface area contributed by atoms with Crippen molar-refractivity contribution in [3.8, 4) is 11.3 Å². The van der Waals surface area contributed by atoms with Gasteiger partial charge in [-0.3, -0.25) is 4.79 Å². The van der Waals surface area contributed by atoms with Crippen molar-refractivity contribution in [2.45, 2.75) is 18.8 Å². The fourth-order valence-corrected chi connectivity index (χ4v) is 3.31. The molecular weight excluding hydrogens is 352 g/mol. The van der Waals surface area contributed by atoms with E-state index in [4.69, 9.17) is 4.42 Å². The van der Waals surface area contributed by atoms with Crippen LogP contribution >= 0.6 is 0 Å². The molecule has 1 aliphatic heterocycles. The van der Waals surface area contributed by atoms with Crippen molar-refractivity contribution in [3.63, 3.8) is 0 Å². The molecule has 0 spiro atoms. The van der Waals surface area contributed by atoms with Gasteiger partial charge in [-0.2, -0.15) is 4.39 Å². The third-order valence-corrected chi connectivity index (χ3v) is 4.69. The fourth-order valence-electron chi connectivity index (χ4n) is 3.31. The van der Waals surface area contributed by atoms with Crippen LogP contribution in [0.1, 0.15) is 35.0 Å². The van der Waals surface area contributed by atoms with Crippen molar-refractivity contribution in [1.29, 1.82) is 0 Å². The van der Waals surface area contributed by atoms with Crippen LogP contribution in [0.2, 0.25) is 0 Å². The van der Waals surface area contributed by atoms with E-state index in [1.165, 1.54) is 24.4 Å². The lowest BCUT2D eigenvalue weighted by Gasteiger charge is -2.31. The number of hydrogen-bond donors (Lipinski definition) is 0. The van der Waals surface area contributed by atoms with Gasteiger partial charge in [-0.25, -0.2) is 14.4 Å². The van der Waals surface area contributed by atoms with E-state index in [0.29, 0.717) is 24.7 Å². The molecule has 0 aliphatic carbocycles. The number of benzene rings is 1. The summed E-state index contributed by atoms with van der Waals surface area (Å²) < 4.78 is 32.0. The zero-order valence-electron chi connectivity index (χ0n) is 14.4. The van der Waals surface area contributed by atoms with Gasteiger partial charge in [0.1, 0.15) is 17.8 Å². The minimum Gasteiger partial charge on any atom is -0.448 e. The predicted octanol–water partition coefficient (Wildman–Crippen LogP) is 4.03. The quantitative estimate of drug-likeness (QED) is 0.654. The highest BCUT2D eigenvalue weighted by Crippen LogP contribution is 2.29. The van der Waals surface area contributed by atoms with E-state index in [1.807, 2.05) is 0 Å². The number of carbonyl (C=O) groups excluding carboxylic acids is 1. The van der Waals surface area contributed by atoms with E-state index in [9.17, 15) is 13.6 Å². The van der Waals surface area contributed by atoms with E-state index >= 15 is 0 Å². The number of aromatic nitrogens is 2. The molecule has 7 heteroatoms. The Balaban J connectivity index is 1.50. The Hall–Kier alpha value is -3.09. The average molecular weight is 369 g/mol. The molecule has 1 aliphatic rings. The van der Waals surface area contributed by atoms with Crippen molar-refractivity contribution in [2.24, 2.45) is 0 Å². The molecule has 5 nitrogen and oxygen atoms in total.